The lowest BCUT2D eigenvalue weighted by atomic mass is 10.1. The van der Waals surface area contributed by atoms with E-state index in [1.807, 2.05) is 0 Å². The third kappa shape index (κ3) is 34.1. The molecule has 0 radical (unpaired) electrons. The Morgan fingerprint density at radius 2 is 1.02 bits per heavy atom. The van der Waals surface area contributed by atoms with Crippen LogP contribution in [0.1, 0.15) is 129 Å². The summed E-state index contributed by atoms with van der Waals surface area (Å²) in [6.45, 7) is 4.33. The Morgan fingerprint density at radius 1 is 0.566 bits per heavy atom. The van der Waals surface area contributed by atoms with E-state index in [2.05, 4.69) is 98.9 Å². The van der Waals surface area contributed by atoms with Gasteiger partial charge < -0.3 is 28.6 Å². The van der Waals surface area contributed by atoms with E-state index in [0.29, 0.717) is 6.42 Å². The van der Waals surface area contributed by atoms with Crippen molar-refractivity contribution in [2.24, 2.45) is 0 Å². The maximum absolute atomic E-state index is 12.6. The Bertz CT molecular complexity index is 1140. The maximum atomic E-state index is 12.6. The van der Waals surface area contributed by atoms with Crippen LogP contribution in [0.3, 0.4) is 0 Å². The van der Waals surface area contributed by atoms with Crippen LogP contribution in [0, 0.1) is 0 Å². The van der Waals surface area contributed by atoms with Crippen molar-refractivity contribution >= 4 is 17.9 Å². The van der Waals surface area contributed by atoms with Gasteiger partial charge in [-0.1, -0.05) is 118 Å². The standard InChI is InChI=1S/C45H73NO7/c1-6-8-10-12-14-16-18-20-21-22-23-24-26-27-29-31-33-35-43(47)52-40-41(39-51-38-37-42(45(49)50)46(3,4)5)53-44(48)36-34-32-30-28-25-19-17-15-13-11-9-7-2/h8-11,14-17,20-21,23-24,27,29,41-42H,6-7,12-13,18-19,22,25-26,28,30-40H2,1-5H3/b10-8+,11-9+,16-14+,17-15+,21-20+,24-23+,29-27+. The number of nitrogens with zero attached hydrogens (tertiary/aromatic N) is 1. The molecule has 0 heterocycles. The molecular formula is C45H73NO7. The van der Waals surface area contributed by atoms with Gasteiger partial charge in [-0.2, -0.15) is 0 Å². The van der Waals surface area contributed by atoms with Crippen LogP contribution in [-0.4, -0.2) is 75.5 Å². The van der Waals surface area contributed by atoms with E-state index >= 15 is 0 Å². The Hall–Kier alpha value is -3.49. The number of quaternary nitrogens is 1. The molecule has 53 heavy (non-hydrogen) atoms. The zero-order valence-electron chi connectivity index (χ0n) is 33.9. The normalized spacial score (nSPS) is 13.9. The molecule has 2 unspecified atom stereocenters. The molecular weight excluding hydrogens is 666 g/mol. The lowest BCUT2D eigenvalue weighted by molar-refractivity contribution is -0.889. The largest absolute Gasteiger partial charge is 0.544 e. The van der Waals surface area contributed by atoms with Gasteiger partial charge in [0.25, 0.3) is 0 Å². The monoisotopic (exact) mass is 740 g/mol. The number of aliphatic carboxylic acids is 1. The molecule has 0 aliphatic rings. The summed E-state index contributed by atoms with van der Waals surface area (Å²) in [7, 11) is 5.36. The number of rotatable bonds is 34. The number of esters is 2. The van der Waals surface area contributed by atoms with Crippen LogP contribution < -0.4 is 5.11 Å². The summed E-state index contributed by atoms with van der Waals surface area (Å²) in [6, 6.07) is -0.740. The number of hydrogen-bond acceptors (Lipinski definition) is 7. The van der Waals surface area contributed by atoms with Crippen molar-refractivity contribution in [3.05, 3.63) is 85.1 Å². The SMILES string of the molecule is CC/C=C/C/C=C/C/C=C/C/C=C/C/C=C/CCCC(=O)OCC(COCCC(C(=O)[O-])[N+](C)(C)C)OC(=O)CCCCCCC/C=C/C/C=C/CC. The molecule has 0 rings (SSSR count). The van der Waals surface area contributed by atoms with Crippen LogP contribution in [0.2, 0.25) is 0 Å². The van der Waals surface area contributed by atoms with Gasteiger partial charge in [-0.15, -0.1) is 0 Å². The summed E-state index contributed by atoms with van der Waals surface area (Å²) >= 11 is 0. The van der Waals surface area contributed by atoms with Crippen molar-refractivity contribution in [2.75, 3.05) is 41.0 Å². The summed E-state index contributed by atoms with van der Waals surface area (Å²) in [4.78, 5) is 36.7. The first kappa shape index (κ1) is 49.5. The van der Waals surface area contributed by atoms with E-state index in [9.17, 15) is 19.5 Å². The van der Waals surface area contributed by atoms with Gasteiger partial charge in [0.15, 0.2) is 6.10 Å². The number of carbonyl (C=O) groups is 3. The number of hydrogen-bond donors (Lipinski definition) is 0. The van der Waals surface area contributed by atoms with Crippen molar-refractivity contribution < 1.29 is 38.2 Å². The lowest BCUT2D eigenvalue weighted by Crippen LogP contribution is -2.55. The van der Waals surface area contributed by atoms with Crippen LogP contribution in [0.25, 0.3) is 0 Å². The highest BCUT2D eigenvalue weighted by atomic mass is 16.6. The van der Waals surface area contributed by atoms with E-state index in [-0.39, 0.29) is 55.5 Å². The minimum absolute atomic E-state index is 0.0116. The van der Waals surface area contributed by atoms with Gasteiger partial charge in [-0.05, 0) is 77.0 Å². The van der Waals surface area contributed by atoms with E-state index in [1.165, 1.54) is 0 Å². The lowest BCUT2D eigenvalue weighted by Gasteiger charge is -2.34. The summed E-state index contributed by atoms with van der Waals surface area (Å²) in [5, 5.41) is 11.6. The molecule has 0 spiro atoms. The highest BCUT2D eigenvalue weighted by molar-refractivity contribution is 5.70. The van der Waals surface area contributed by atoms with Gasteiger partial charge >= 0.3 is 11.9 Å². The van der Waals surface area contributed by atoms with Gasteiger partial charge in [0, 0.05) is 19.3 Å². The molecule has 0 saturated carbocycles. The van der Waals surface area contributed by atoms with Crippen molar-refractivity contribution in [3.63, 3.8) is 0 Å². The van der Waals surface area contributed by atoms with Crippen molar-refractivity contribution in [3.8, 4) is 0 Å². The summed E-state index contributed by atoms with van der Waals surface area (Å²) < 4.78 is 17.0. The van der Waals surface area contributed by atoms with Crippen LogP contribution in [0.5, 0.6) is 0 Å². The van der Waals surface area contributed by atoms with Crippen LogP contribution >= 0.6 is 0 Å². The van der Waals surface area contributed by atoms with E-state index in [1.54, 1.807) is 21.1 Å². The zero-order valence-corrected chi connectivity index (χ0v) is 33.9. The first-order valence-electron chi connectivity index (χ1n) is 20.1. The smallest absolute Gasteiger partial charge is 0.306 e. The van der Waals surface area contributed by atoms with Crippen LogP contribution in [-0.2, 0) is 28.6 Å². The molecule has 300 valence electrons. The second-order valence-corrected chi connectivity index (χ2v) is 14.1. The van der Waals surface area contributed by atoms with Crippen LogP contribution in [0.4, 0.5) is 0 Å². The number of ether oxygens (including phenoxy) is 3. The second-order valence-electron chi connectivity index (χ2n) is 14.1. The molecule has 0 fully saturated rings. The Morgan fingerprint density at radius 3 is 1.53 bits per heavy atom. The molecule has 8 heteroatoms. The van der Waals surface area contributed by atoms with Gasteiger partial charge in [0.2, 0.25) is 0 Å². The number of likely N-dealkylation sites (N-methyl/N-ethyl adjacent to an activating group) is 1. The van der Waals surface area contributed by atoms with Gasteiger partial charge in [-0.25, -0.2) is 0 Å². The molecule has 8 nitrogen and oxygen atoms in total. The van der Waals surface area contributed by atoms with E-state index < -0.39 is 18.1 Å². The Balaban J connectivity index is 4.52. The second kappa shape index (κ2) is 35.5. The Kier molecular flexibility index (Phi) is 33.2. The number of carboxylic acids is 1. The van der Waals surface area contributed by atoms with Crippen molar-refractivity contribution in [1.82, 2.24) is 0 Å². The Labute approximate surface area is 323 Å². The fourth-order valence-corrected chi connectivity index (χ4v) is 5.20. The molecule has 0 aromatic heterocycles. The predicted octanol–water partition coefficient (Wildman–Crippen LogP) is 9.24. The van der Waals surface area contributed by atoms with Gasteiger partial charge in [0.1, 0.15) is 12.6 Å². The fraction of sp³-hybridized carbons (Fsp3) is 0.622. The first-order valence-corrected chi connectivity index (χ1v) is 20.1. The highest BCUT2D eigenvalue weighted by Gasteiger charge is 2.25. The minimum atomic E-state index is -1.14. The fourth-order valence-electron chi connectivity index (χ4n) is 5.20. The van der Waals surface area contributed by atoms with Gasteiger partial charge in [-0.3, -0.25) is 9.59 Å². The highest BCUT2D eigenvalue weighted by Crippen LogP contribution is 2.11. The summed E-state index contributed by atoms with van der Waals surface area (Å²) in [5.74, 6) is -1.85. The van der Waals surface area contributed by atoms with Crippen LogP contribution in [0.15, 0.2) is 85.1 Å². The molecule has 0 aliphatic carbocycles. The minimum Gasteiger partial charge on any atom is -0.544 e. The van der Waals surface area contributed by atoms with Gasteiger partial charge in [0.05, 0.1) is 40.3 Å². The predicted molar refractivity (Wildman–Crippen MR) is 217 cm³/mol. The molecule has 0 aromatic carbocycles. The zero-order chi connectivity index (χ0) is 39.3. The molecule has 0 bridgehead atoms. The van der Waals surface area contributed by atoms with E-state index in [0.717, 1.165) is 89.9 Å². The molecule has 0 amide bonds. The molecule has 0 aliphatic heterocycles. The molecule has 0 aromatic rings. The van der Waals surface area contributed by atoms with Crippen molar-refractivity contribution in [1.29, 1.82) is 0 Å². The third-order valence-electron chi connectivity index (χ3n) is 8.28. The maximum Gasteiger partial charge on any atom is 0.306 e. The van der Waals surface area contributed by atoms with E-state index in [4.69, 9.17) is 14.2 Å². The number of carbonyl (C=O) groups excluding carboxylic acids is 3. The third-order valence-corrected chi connectivity index (χ3v) is 8.28. The van der Waals surface area contributed by atoms with Crippen molar-refractivity contribution in [2.45, 2.75) is 142 Å². The first-order chi connectivity index (χ1) is 25.6. The topological polar surface area (TPSA) is 102 Å². The quantitative estimate of drug-likeness (QED) is 0.0281. The molecule has 0 saturated heterocycles. The summed E-state index contributed by atoms with van der Waals surface area (Å²) in [6.07, 6.45) is 44.7. The number of carboxylic acid groups (broad SMARTS) is 1. The number of unbranched alkanes of at least 4 members (excludes halogenated alkanes) is 6. The molecule has 0 N–H and O–H groups in total. The average Bonchev–Trinajstić information content (AvgIpc) is 3.11. The number of allylic oxidation sites excluding steroid dienone is 14. The average molecular weight is 740 g/mol. The molecule has 2 atom stereocenters. The summed E-state index contributed by atoms with van der Waals surface area (Å²) in [5.41, 5.74) is 0.